The maximum atomic E-state index is 2.50. The highest BCUT2D eigenvalue weighted by Gasteiger charge is 2.02. The van der Waals surface area contributed by atoms with Crippen molar-refractivity contribution in [2.45, 2.75) is 271 Å². The first-order chi connectivity index (χ1) is 22.3. The zero-order chi connectivity index (χ0) is 32.6. The van der Waals surface area contributed by atoms with E-state index in [1.54, 1.807) is 0 Å². The first-order valence-electron chi connectivity index (χ1n) is 22.0. The molecular formula is C45H90. The molecule has 45 heavy (non-hydrogen) atoms. The predicted octanol–water partition coefficient (Wildman–Crippen LogP) is 17.4. The van der Waals surface area contributed by atoms with Crippen LogP contribution in [-0.4, -0.2) is 0 Å². The van der Waals surface area contributed by atoms with Crippen LogP contribution in [0.2, 0.25) is 0 Å². The molecule has 270 valence electrons. The summed E-state index contributed by atoms with van der Waals surface area (Å²) in [6.07, 6.45) is 61.8. The van der Waals surface area contributed by atoms with Crippen LogP contribution in [0, 0.1) is 5.92 Å². The Bertz CT molecular complexity index is 518. The molecule has 0 bridgehead atoms. The third kappa shape index (κ3) is 41.7. The minimum atomic E-state index is 0.958. The second kappa shape index (κ2) is 41.8. The van der Waals surface area contributed by atoms with E-state index in [0.29, 0.717) is 0 Å². The van der Waals surface area contributed by atoms with E-state index in [0.717, 1.165) is 5.92 Å². The lowest BCUT2D eigenvalue weighted by molar-refractivity contribution is 0.430. The number of rotatable bonds is 40. The van der Waals surface area contributed by atoms with E-state index >= 15 is 0 Å². The Morgan fingerprint density at radius 2 is 0.467 bits per heavy atom. The number of hydrogen-bond donors (Lipinski definition) is 0. The Morgan fingerprint density at radius 3 is 0.711 bits per heavy atom. The van der Waals surface area contributed by atoms with Crippen molar-refractivity contribution < 1.29 is 0 Å². The van der Waals surface area contributed by atoms with Gasteiger partial charge in [0.05, 0.1) is 0 Å². The van der Waals surface area contributed by atoms with E-state index in [-0.39, 0.29) is 0 Å². The molecule has 0 amide bonds. The quantitative estimate of drug-likeness (QED) is 0.0467. The molecule has 0 aliphatic rings. The van der Waals surface area contributed by atoms with Crippen molar-refractivity contribution in [3.05, 3.63) is 12.2 Å². The van der Waals surface area contributed by atoms with Gasteiger partial charge >= 0.3 is 0 Å². The minimum Gasteiger partial charge on any atom is -0.0885 e. The SMILES string of the molecule is CCCCCCCCCCCCCCCCCCCCC=CCCCCCCCCCC(C)CCCCCCCCCCCC. The van der Waals surface area contributed by atoms with Crippen molar-refractivity contribution >= 4 is 0 Å². The molecule has 1 unspecified atom stereocenters. The van der Waals surface area contributed by atoms with E-state index in [1.807, 2.05) is 0 Å². The summed E-state index contributed by atoms with van der Waals surface area (Å²) in [5.41, 5.74) is 0. The largest absolute Gasteiger partial charge is 0.0885 e. The summed E-state index contributed by atoms with van der Waals surface area (Å²) in [6, 6.07) is 0. The van der Waals surface area contributed by atoms with Gasteiger partial charge in [-0.3, -0.25) is 0 Å². The summed E-state index contributed by atoms with van der Waals surface area (Å²) in [4.78, 5) is 0. The zero-order valence-electron chi connectivity index (χ0n) is 32.3. The molecule has 0 aromatic carbocycles. The molecule has 0 aromatic rings. The van der Waals surface area contributed by atoms with Crippen molar-refractivity contribution in [2.24, 2.45) is 5.92 Å². The molecule has 0 N–H and O–H groups in total. The molecule has 0 saturated carbocycles. The van der Waals surface area contributed by atoms with Gasteiger partial charge in [-0.2, -0.15) is 0 Å². The topological polar surface area (TPSA) is 0 Å². The maximum Gasteiger partial charge on any atom is -0.0351 e. The van der Waals surface area contributed by atoms with Crippen LogP contribution in [-0.2, 0) is 0 Å². The van der Waals surface area contributed by atoms with Gasteiger partial charge in [0, 0.05) is 0 Å². The van der Waals surface area contributed by atoms with E-state index < -0.39 is 0 Å². The van der Waals surface area contributed by atoms with Crippen LogP contribution in [0.25, 0.3) is 0 Å². The van der Waals surface area contributed by atoms with Crippen molar-refractivity contribution in [3.63, 3.8) is 0 Å². The maximum absolute atomic E-state index is 2.50. The van der Waals surface area contributed by atoms with Crippen molar-refractivity contribution in [1.82, 2.24) is 0 Å². The molecule has 1 atom stereocenters. The molecule has 0 saturated heterocycles. The van der Waals surface area contributed by atoms with Gasteiger partial charge in [-0.15, -0.1) is 0 Å². The van der Waals surface area contributed by atoms with Gasteiger partial charge in [-0.05, 0) is 31.6 Å². The summed E-state index contributed by atoms with van der Waals surface area (Å²) in [7, 11) is 0. The summed E-state index contributed by atoms with van der Waals surface area (Å²) in [6.45, 7) is 7.12. The Hall–Kier alpha value is -0.260. The van der Waals surface area contributed by atoms with Crippen LogP contribution >= 0.6 is 0 Å². The predicted molar refractivity (Wildman–Crippen MR) is 210 cm³/mol. The van der Waals surface area contributed by atoms with Gasteiger partial charge in [-0.1, -0.05) is 258 Å². The van der Waals surface area contributed by atoms with Gasteiger partial charge in [0.25, 0.3) is 0 Å². The molecule has 0 radical (unpaired) electrons. The molecule has 0 aliphatic carbocycles. The average Bonchev–Trinajstić information content (AvgIpc) is 3.05. The van der Waals surface area contributed by atoms with E-state index in [9.17, 15) is 0 Å². The highest BCUT2D eigenvalue weighted by Crippen LogP contribution is 2.19. The van der Waals surface area contributed by atoms with Crippen molar-refractivity contribution in [2.75, 3.05) is 0 Å². The Balaban J connectivity index is 3.17. The van der Waals surface area contributed by atoms with E-state index in [4.69, 9.17) is 0 Å². The monoisotopic (exact) mass is 631 g/mol. The number of unbranched alkanes of at least 4 members (excludes halogenated alkanes) is 34. The fourth-order valence-electron chi connectivity index (χ4n) is 7.16. The third-order valence-electron chi connectivity index (χ3n) is 10.5. The number of hydrogen-bond acceptors (Lipinski definition) is 0. The lowest BCUT2D eigenvalue weighted by Gasteiger charge is -2.11. The molecule has 0 fully saturated rings. The zero-order valence-corrected chi connectivity index (χ0v) is 32.3. The Kier molecular flexibility index (Phi) is 41.5. The van der Waals surface area contributed by atoms with Crippen molar-refractivity contribution in [1.29, 1.82) is 0 Å². The first-order valence-corrected chi connectivity index (χ1v) is 22.0. The molecule has 0 aromatic heterocycles. The van der Waals surface area contributed by atoms with Crippen LogP contribution < -0.4 is 0 Å². The lowest BCUT2D eigenvalue weighted by Crippen LogP contribution is -1.95. The van der Waals surface area contributed by atoms with Gasteiger partial charge in [0.2, 0.25) is 0 Å². The van der Waals surface area contributed by atoms with Gasteiger partial charge in [-0.25, -0.2) is 0 Å². The second-order valence-electron chi connectivity index (χ2n) is 15.4. The Morgan fingerprint density at radius 1 is 0.267 bits per heavy atom. The van der Waals surface area contributed by atoms with Crippen LogP contribution in [0.4, 0.5) is 0 Å². The molecule has 0 nitrogen and oxygen atoms in total. The Labute approximate surface area is 288 Å². The second-order valence-corrected chi connectivity index (χ2v) is 15.4. The molecular weight excluding hydrogens is 540 g/mol. The minimum absolute atomic E-state index is 0.958. The smallest absolute Gasteiger partial charge is 0.0351 e. The molecule has 0 aliphatic heterocycles. The van der Waals surface area contributed by atoms with Crippen LogP contribution in [0.5, 0.6) is 0 Å². The van der Waals surface area contributed by atoms with Crippen LogP contribution in [0.15, 0.2) is 12.2 Å². The van der Waals surface area contributed by atoms with Gasteiger partial charge in [0.1, 0.15) is 0 Å². The summed E-state index contributed by atoms with van der Waals surface area (Å²) in [5, 5.41) is 0. The summed E-state index contributed by atoms with van der Waals surface area (Å²) >= 11 is 0. The summed E-state index contributed by atoms with van der Waals surface area (Å²) < 4.78 is 0. The van der Waals surface area contributed by atoms with Crippen LogP contribution in [0.1, 0.15) is 271 Å². The molecule has 0 heteroatoms. The average molecular weight is 631 g/mol. The molecule has 0 heterocycles. The highest BCUT2D eigenvalue weighted by atomic mass is 14.1. The summed E-state index contributed by atoms with van der Waals surface area (Å²) in [5.74, 6) is 0.958. The third-order valence-corrected chi connectivity index (χ3v) is 10.5. The number of allylic oxidation sites excluding steroid dienone is 2. The fourth-order valence-corrected chi connectivity index (χ4v) is 7.16. The fraction of sp³-hybridized carbons (Fsp3) is 0.956. The van der Waals surface area contributed by atoms with E-state index in [2.05, 4.69) is 32.9 Å². The highest BCUT2D eigenvalue weighted by molar-refractivity contribution is 4.81. The van der Waals surface area contributed by atoms with Gasteiger partial charge in [0.15, 0.2) is 0 Å². The van der Waals surface area contributed by atoms with Crippen LogP contribution in [0.3, 0.4) is 0 Å². The van der Waals surface area contributed by atoms with E-state index in [1.165, 1.54) is 250 Å². The van der Waals surface area contributed by atoms with Gasteiger partial charge < -0.3 is 0 Å². The lowest BCUT2D eigenvalue weighted by atomic mass is 9.95. The standard InChI is InChI=1S/C45H90/c1-4-6-8-10-12-14-16-17-18-19-20-21-22-23-24-25-26-27-28-29-30-31-32-33-34-36-38-40-42-44-45(3)43-41-39-37-35-15-13-11-9-7-5-2/h29-30,45H,4-28,31-44H2,1-3H3. The normalized spacial score (nSPS) is 12.5. The van der Waals surface area contributed by atoms with Crippen molar-refractivity contribution in [3.8, 4) is 0 Å². The molecule has 0 spiro atoms. The molecule has 0 rings (SSSR count). The first kappa shape index (κ1) is 44.7.